The number of hydrogen-bond acceptors (Lipinski definition) is 5. The summed E-state index contributed by atoms with van der Waals surface area (Å²) in [5.74, 6) is -0.0536. The zero-order chi connectivity index (χ0) is 11.1. The first-order valence-electron chi connectivity index (χ1n) is 4.42. The maximum Gasteiger partial charge on any atom is 0.316 e. The molecule has 0 aromatic carbocycles. The minimum atomic E-state index is -0.272. The van der Waals surface area contributed by atoms with E-state index in [2.05, 4.69) is 4.98 Å². The van der Waals surface area contributed by atoms with Crippen molar-refractivity contribution in [2.24, 2.45) is 0 Å². The molecule has 1 aromatic heterocycles. The molecule has 0 bridgehead atoms. The van der Waals surface area contributed by atoms with Crippen LogP contribution in [-0.4, -0.2) is 23.3 Å². The minimum Gasteiger partial charge on any atom is -0.465 e. The van der Waals surface area contributed by atoms with Gasteiger partial charge in [0.15, 0.2) is 0 Å². The van der Waals surface area contributed by atoms with Gasteiger partial charge < -0.3 is 4.74 Å². The van der Waals surface area contributed by atoms with E-state index in [0.717, 1.165) is 0 Å². The third-order valence-corrected chi connectivity index (χ3v) is 2.38. The van der Waals surface area contributed by atoms with Crippen LogP contribution in [0.15, 0.2) is 23.2 Å². The number of aromatic nitrogens is 1. The van der Waals surface area contributed by atoms with Gasteiger partial charge in [0.1, 0.15) is 11.8 Å². The summed E-state index contributed by atoms with van der Waals surface area (Å²) in [6, 6.07) is 7.05. The molecule has 0 aliphatic carbocycles. The Morgan fingerprint density at radius 3 is 3.13 bits per heavy atom. The Balaban J connectivity index is 2.51. The lowest BCUT2D eigenvalue weighted by molar-refractivity contribution is -0.139. The van der Waals surface area contributed by atoms with Crippen LogP contribution in [0.1, 0.15) is 12.6 Å². The van der Waals surface area contributed by atoms with Crippen LogP contribution in [0.4, 0.5) is 0 Å². The molecule has 0 atom stereocenters. The quantitative estimate of drug-likeness (QED) is 0.572. The second-order valence-electron chi connectivity index (χ2n) is 2.57. The van der Waals surface area contributed by atoms with Gasteiger partial charge in [0.25, 0.3) is 0 Å². The summed E-state index contributed by atoms with van der Waals surface area (Å²) in [6.07, 6.45) is 0. The van der Waals surface area contributed by atoms with Gasteiger partial charge >= 0.3 is 5.97 Å². The summed E-state index contributed by atoms with van der Waals surface area (Å²) < 4.78 is 4.77. The molecule has 0 unspecified atom stereocenters. The first-order chi connectivity index (χ1) is 7.26. The van der Waals surface area contributed by atoms with Crippen LogP contribution < -0.4 is 0 Å². The molecule has 0 saturated heterocycles. The summed E-state index contributed by atoms with van der Waals surface area (Å²) in [7, 11) is 0. The average Bonchev–Trinajstić information content (AvgIpc) is 2.27. The third kappa shape index (κ3) is 4.00. The Morgan fingerprint density at radius 2 is 2.47 bits per heavy atom. The van der Waals surface area contributed by atoms with E-state index < -0.39 is 0 Å². The highest BCUT2D eigenvalue weighted by atomic mass is 32.2. The summed E-state index contributed by atoms with van der Waals surface area (Å²) >= 11 is 1.26. The van der Waals surface area contributed by atoms with Crippen molar-refractivity contribution < 1.29 is 9.53 Å². The van der Waals surface area contributed by atoms with Crippen molar-refractivity contribution in [1.29, 1.82) is 5.26 Å². The van der Waals surface area contributed by atoms with Crippen LogP contribution >= 0.6 is 11.8 Å². The van der Waals surface area contributed by atoms with E-state index in [1.807, 2.05) is 6.07 Å². The topological polar surface area (TPSA) is 63.0 Å². The van der Waals surface area contributed by atoms with E-state index >= 15 is 0 Å². The Labute approximate surface area is 92.3 Å². The first-order valence-corrected chi connectivity index (χ1v) is 5.40. The Bertz CT molecular complexity index is 387. The molecule has 0 radical (unpaired) electrons. The molecule has 5 heteroatoms. The zero-order valence-corrected chi connectivity index (χ0v) is 9.08. The van der Waals surface area contributed by atoms with Crippen molar-refractivity contribution in [3.8, 4) is 6.07 Å². The highest BCUT2D eigenvalue weighted by Crippen LogP contribution is 2.15. The van der Waals surface area contributed by atoms with Crippen molar-refractivity contribution in [3.63, 3.8) is 0 Å². The summed E-state index contributed by atoms with van der Waals surface area (Å²) in [4.78, 5) is 15.1. The monoisotopic (exact) mass is 222 g/mol. The lowest BCUT2D eigenvalue weighted by atomic mass is 10.4. The molecule has 15 heavy (non-hydrogen) atoms. The number of rotatable bonds is 4. The predicted molar refractivity (Wildman–Crippen MR) is 56.3 cm³/mol. The smallest absolute Gasteiger partial charge is 0.316 e. The number of carbonyl (C=O) groups is 1. The number of thioether (sulfide) groups is 1. The highest BCUT2D eigenvalue weighted by Gasteiger charge is 2.04. The van der Waals surface area contributed by atoms with Gasteiger partial charge in [-0.05, 0) is 19.1 Å². The maximum atomic E-state index is 11.0. The van der Waals surface area contributed by atoms with Crippen LogP contribution in [0.5, 0.6) is 0 Å². The standard InChI is InChI=1S/C10H10N2O2S/c1-2-14-10(13)7-15-9-5-3-4-8(6-11)12-9/h3-5H,2,7H2,1H3. The summed E-state index contributed by atoms with van der Waals surface area (Å²) in [5.41, 5.74) is 0.351. The van der Waals surface area contributed by atoms with Gasteiger partial charge in [-0.1, -0.05) is 17.8 Å². The molecule has 1 aromatic rings. The van der Waals surface area contributed by atoms with Crippen molar-refractivity contribution in [2.45, 2.75) is 11.9 Å². The summed E-state index contributed by atoms with van der Waals surface area (Å²) in [6.45, 7) is 2.14. The molecular weight excluding hydrogens is 212 g/mol. The fourth-order valence-corrected chi connectivity index (χ4v) is 1.58. The third-order valence-electron chi connectivity index (χ3n) is 1.48. The Kier molecular flexibility index (Phi) is 4.64. The number of nitriles is 1. The van der Waals surface area contributed by atoms with Crippen molar-refractivity contribution in [1.82, 2.24) is 4.98 Å². The molecule has 0 aliphatic rings. The van der Waals surface area contributed by atoms with Crippen molar-refractivity contribution >= 4 is 17.7 Å². The number of ether oxygens (including phenoxy) is 1. The molecule has 4 nitrogen and oxygen atoms in total. The molecule has 0 saturated carbocycles. The lowest BCUT2D eigenvalue weighted by Crippen LogP contribution is -2.06. The van der Waals surface area contributed by atoms with Gasteiger partial charge in [-0.3, -0.25) is 4.79 Å². The average molecular weight is 222 g/mol. The number of pyridine rings is 1. The minimum absolute atomic E-state index is 0.218. The second-order valence-corrected chi connectivity index (χ2v) is 3.56. The SMILES string of the molecule is CCOC(=O)CSc1cccc(C#N)n1. The molecule has 78 valence electrons. The first kappa shape index (κ1) is 11.5. The highest BCUT2D eigenvalue weighted by molar-refractivity contribution is 7.99. The summed E-state index contributed by atoms with van der Waals surface area (Å²) in [5, 5.41) is 9.27. The van der Waals surface area contributed by atoms with E-state index in [4.69, 9.17) is 10.00 Å². The van der Waals surface area contributed by atoms with E-state index in [9.17, 15) is 4.79 Å². The molecule has 0 aliphatic heterocycles. The molecule has 0 spiro atoms. The lowest BCUT2D eigenvalue weighted by Gasteiger charge is -2.01. The maximum absolute atomic E-state index is 11.0. The normalized spacial score (nSPS) is 9.33. The zero-order valence-electron chi connectivity index (χ0n) is 8.27. The molecule has 0 amide bonds. The largest absolute Gasteiger partial charge is 0.465 e. The number of hydrogen-bond donors (Lipinski definition) is 0. The van der Waals surface area contributed by atoms with E-state index in [1.54, 1.807) is 25.1 Å². The van der Waals surface area contributed by atoms with Crippen LogP contribution in [0.2, 0.25) is 0 Å². The van der Waals surface area contributed by atoms with Gasteiger partial charge in [0, 0.05) is 0 Å². The number of nitrogens with zero attached hydrogens (tertiary/aromatic N) is 2. The van der Waals surface area contributed by atoms with Crippen LogP contribution in [0, 0.1) is 11.3 Å². The number of esters is 1. The van der Waals surface area contributed by atoms with Crippen molar-refractivity contribution in [2.75, 3.05) is 12.4 Å². The molecule has 0 fully saturated rings. The fourth-order valence-electron chi connectivity index (χ4n) is 0.893. The Hall–Kier alpha value is -1.54. The van der Waals surface area contributed by atoms with E-state index in [-0.39, 0.29) is 11.7 Å². The van der Waals surface area contributed by atoms with Gasteiger partial charge in [-0.15, -0.1) is 0 Å². The van der Waals surface area contributed by atoms with E-state index in [1.165, 1.54) is 11.8 Å². The number of carbonyl (C=O) groups excluding carboxylic acids is 1. The van der Waals surface area contributed by atoms with Crippen LogP contribution in [0.3, 0.4) is 0 Å². The predicted octanol–water partition coefficient (Wildman–Crippen LogP) is 1.61. The second kappa shape index (κ2) is 6.04. The van der Waals surface area contributed by atoms with Gasteiger partial charge in [0.05, 0.1) is 17.4 Å². The van der Waals surface area contributed by atoms with Gasteiger partial charge in [-0.2, -0.15) is 5.26 Å². The van der Waals surface area contributed by atoms with Gasteiger partial charge in [-0.25, -0.2) is 4.98 Å². The van der Waals surface area contributed by atoms with Crippen LogP contribution in [0.25, 0.3) is 0 Å². The molecular formula is C10H10N2O2S. The van der Waals surface area contributed by atoms with Gasteiger partial charge in [0.2, 0.25) is 0 Å². The Morgan fingerprint density at radius 1 is 1.67 bits per heavy atom. The van der Waals surface area contributed by atoms with Crippen molar-refractivity contribution in [3.05, 3.63) is 23.9 Å². The van der Waals surface area contributed by atoms with E-state index in [0.29, 0.717) is 17.3 Å². The molecule has 0 N–H and O–H groups in total. The molecule has 1 heterocycles. The molecule has 1 rings (SSSR count). The fraction of sp³-hybridized carbons (Fsp3) is 0.300. The van der Waals surface area contributed by atoms with Crippen LogP contribution in [-0.2, 0) is 9.53 Å².